The second kappa shape index (κ2) is 22.3. The number of ether oxygens (including phenoxy) is 2. The normalized spacial score (nSPS) is 19.5. The Bertz CT molecular complexity index is 1570. The lowest BCUT2D eigenvalue weighted by molar-refractivity contribution is -0.161. The first-order valence-electron chi connectivity index (χ1n) is 19.9. The minimum Gasteiger partial charge on any atom is -0.461 e. The van der Waals surface area contributed by atoms with E-state index in [0.717, 1.165) is 43.4 Å². The van der Waals surface area contributed by atoms with Crippen molar-refractivity contribution < 1.29 is 37.7 Å². The molecule has 0 saturated carbocycles. The Morgan fingerprint density at radius 3 is 2.22 bits per heavy atom. The Morgan fingerprint density at radius 1 is 1.02 bits per heavy atom. The van der Waals surface area contributed by atoms with Crippen molar-refractivity contribution in [1.29, 1.82) is 0 Å². The molecule has 2 aromatic heterocycles. The molecule has 1 aliphatic rings. The van der Waals surface area contributed by atoms with Crippen molar-refractivity contribution in [2.45, 2.75) is 167 Å². The van der Waals surface area contributed by atoms with Crippen molar-refractivity contribution in [3.05, 3.63) is 42.7 Å². The van der Waals surface area contributed by atoms with Crippen molar-refractivity contribution in [2.24, 2.45) is 0 Å². The molecule has 300 valence electrons. The van der Waals surface area contributed by atoms with Crippen molar-refractivity contribution in [3.63, 3.8) is 0 Å². The number of carbonyl (C=O) groups is 1. The molecule has 1 unspecified atom stereocenters. The van der Waals surface area contributed by atoms with Gasteiger partial charge < -0.3 is 25.2 Å². The van der Waals surface area contributed by atoms with Crippen LogP contribution in [0.4, 0.5) is 10.2 Å². The molecule has 0 radical (unpaired) electrons. The molecule has 15 heteroatoms. The van der Waals surface area contributed by atoms with Gasteiger partial charge in [0, 0.05) is 6.42 Å². The second-order valence-electron chi connectivity index (χ2n) is 14.6. The third-order valence-corrected chi connectivity index (χ3v) is 11.1. The number of carbonyl (C=O) groups excluding carboxylic acids is 1. The summed E-state index contributed by atoms with van der Waals surface area (Å²) in [6.45, 7) is 7.29. The highest BCUT2D eigenvalue weighted by atomic mass is 31.1. The van der Waals surface area contributed by atoms with Gasteiger partial charge in [-0.05, 0) is 56.2 Å². The lowest BCUT2D eigenvalue weighted by Gasteiger charge is -2.26. The maximum absolute atomic E-state index is 14.0. The van der Waals surface area contributed by atoms with Crippen LogP contribution >= 0.6 is 8.18 Å². The van der Waals surface area contributed by atoms with E-state index in [-0.39, 0.29) is 36.1 Å². The molecular formula is C39H61FN6O7P+. The van der Waals surface area contributed by atoms with Crippen molar-refractivity contribution in [1.82, 2.24) is 24.4 Å². The number of hydrogen-bond acceptors (Lipinski definition) is 11. The zero-order valence-corrected chi connectivity index (χ0v) is 33.4. The summed E-state index contributed by atoms with van der Waals surface area (Å²) in [4.78, 5) is 32.3. The summed E-state index contributed by atoms with van der Waals surface area (Å²) in [6, 6.07) is 7.62. The minimum atomic E-state index is -2.81. The number of halogens is 1. The molecule has 0 bridgehead atoms. The van der Waals surface area contributed by atoms with Gasteiger partial charge in [0.05, 0.1) is 12.4 Å². The quantitative estimate of drug-likeness (QED) is 0.0262. The molecule has 1 aliphatic heterocycles. The number of anilines is 1. The van der Waals surface area contributed by atoms with Crippen molar-refractivity contribution in [2.75, 3.05) is 12.3 Å². The number of aliphatic hydroxyl groups excluding tert-OH is 1. The molecular weight excluding hydrogens is 714 g/mol. The van der Waals surface area contributed by atoms with Crippen LogP contribution in [0.25, 0.3) is 11.2 Å². The minimum absolute atomic E-state index is 0.0828. The number of esters is 1. The average molecular weight is 776 g/mol. The number of aliphatic hydroxyl groups is 1. The summed E-state index contributed by atoms with van der Waals surface area (Å²) in [5.74, 6) is -0.320. The van der Waals surface area contributed by atoms with E-state index < -0.39 is 44.2 Å². The lowest BCUT2D eigenvalue weighted by Crippen LogP contribution is -2.42. The number of benzene rings is 1. The van der Waals surface area contributed by atoms with Gasteiger partial charge in [0.15, 0.2) is 28.8 Å². The Hall–Kier alpha value is -3.29. The van der Waals surface area contributed by atoms with Crippen LogP contribution in [0.1, 0.15) is 143 Å². The highest BCUT2D eigenvalue weighted by Gasteiger charge is 2.50. The van der Waals surface area contributed by atoms with Crippen LogP contribution in [0.2, 0.25) is 0 Å². The first-order valence-corrected chi connectivity index (χ1v) is 21.0. The van der Waals surface area contributed by atoms with Crippen LogP contribution in [0.15, 0.2) is 36.7 Å². The first-order chi connectivity index (χ1) is 26.1. The van der Waals surface area contributed by atoms with Gasteiger partial charge in [0.25, 0.3) is 0 Å². The number of rotatable bonds is 26. The number of nitrogen functional groups attached to an aromatic ring is 1. The van der Waals surface area contributed by atoms with E-state index in [9.17, 15) is 18.9 Å². The molecule has 3 heterocycles. The number of nitrogens with zero attached hydrogens (tertiary/aromatic N) is 5. The van der Waals surface area contributed by atoms with Gasteiger partial charge in [-0.1, -0.05) is 109 Å². The highest BCUT2D eigenvalue weighted by Crippen LogP contribution is 2.41. The van der Waals surface area contributed by atoms with Gasteiger partial charge in [-0.25, -0.2) is 4.98 Å². The smallest absolute Gasteiger partial charge is 0.461 e. The molecule has 5 atom stereocenters. The monoisotopic (exact) mass is 775 g/mol. The van der Waals surface area contributed by atoms with Crippen LogP contribution < -0.4 is 10.6 Å². The van der Waals surface area contributed by atoms with E-state index in [4.69, 9.17) is 24.6 Å². The van der Waals surface area contributed by atoms with Crippen molar-refractivity contribution >= 4 is 31.1 Å². The van der Waals surface area contributed by atoms with Crippen LogP contribution in [-0.2, 0) is 23.4 Å². The van der Waals surface area contributed by atoms with Gasteiger partial charge >= 0.3 is 20.2 Å². The fourth-order valence-electron chi connectivity index (χ4n) is 6.66. The molecule has 0 amide bonds. The maximum atomic E-state index is 14.0. The van der Waals surface area contributed by atoms with Crippen LogP contribution in [0, 0.1) is 6.08 Å². The van der Waals surface area contributed by atoms with Crippen LogP contribution in [0.3, 0.4) is 0 Å². The topological polar surface area (TPSA) is 164 Å². The number of hydrogen-bond donors (Lipinski definition) is 2. The number of fused-ring (bicyclic) bond motifs is 1. The zero-order chi connectivity index (χ0) is 38.9. The van der Waals surface area contributed by atoms with Gasteiger partial charge in [-0.3, -0.25) is 9.36 Å². The molecule has 3 N–H and O–H groups in total. The molecule has 1 aromatic carbocycles. The van der Waals surface area contributed by atoms with Gasteiger partial charge in [-0.15, -0.1) is 4.52 Å². The number of nitrogens with two attached hydrogens (primary N) is 1. The van der Waals surface area contributed by atoms with E-state index in [1.54, 1.807) is 38.1 Å². The maximum Gasteiger partial charge on any atom is 0.653 e. The third kappa shape index (κ3) is 12.9. The van der Waals surface area contributed by atoms with E-state index in [1.165, 1.54) is 75.1 Å². The average Bonchev–Trinajstić information content (AvgIpc) is 3.72. The predicted octanol–water partition coefficient (Wildman–Crippen LogP) is 9.14. The Labute approximate surface area is 320 Å². The molecule has 0 spiro atoms. The van der Waals surface area contributed by atoms with Gasteiger partial charge in [0.2, 0.25) is 0 Å². The third-order valence-electron chi connectivity index (χ3n) is 10.0. The van der Waals surface area contributed by atoms with E-state index in [1.807, 2.05) is 6.07 Å². The van der Waals surface area contributed by atoms with E-state index in [0.29, 0.717) is 5.75 Å². The highest BCUT2D eigenvalue weighted by molar-refractivity contribution is 7.36. The predicted molar refractivity (Wildman–Crippen MR) is 206 cm³/mol. The summed E-state index contributed by atoms with van der Waals surface area (Å²) in [5.41, 5.74) is 4.78. The second-order valence-corrected chi connectivity index (χ2v) is 15.7. The van der Waals surface area contributed by atoms with Crippen molar-refractivity contribution in [3.8, 4) is 5.75 Å². The molecule has 54 heavy (non-hydrogen) atoms. The summed E-state index contributed by atoms with van der Waals surface area (Å²) in [5, 5.41) is 11.1. The molecule has 0 aliphatic carbocycles. The van der Waals surface area contributed by atoms with Gasteiger partial charge in [-0.2, -0.15) is 14.4 Å². The zero-order valence-electron chi connectivity index (χ0n) is 32.5. The molecule has 1 fully saturated rings. The largest absolute Gasteiger partial charge is 0.653 e. The summed E-state index contributed by atoms with van der Waals surface area (Å²) >= 11 is 0. The number of imidazole rings is 1. The Morgan fingerprint density at radius 2 is 1.61 bits per heavy atom. The standard InChI is InChI=1S/C39H61FN6O7P/c1-5-7-9-11-13-15-18-22-30(23-19-16-14-12-10-8-6-2)51-37(48)29(3)46(53-31-24-20-17-21-25-31)54(49)50-27-39(4)32(47)26-33(52-39)45-28-42-34-35(41)43-38(40)44-36(34)45/h17,20-21,24-25,28-30,32-33,47H,5-16,18-19,22-23,26-27H2,1-4H3,(H2,41,43,44)/q+1/t29-,32-,33+,39+/m0/s1. The summed E-state index contributed by atoms with van der Waals surface area (Å²) in [7, 11) is -2.81. The lowest BCUT2D eigenvalue weighted by atomic mass is 10.0. The molecule has 13 nitrogen and oxygen atoms in total. The van der Waals surface area contributed by atoms with E-state index >= 15 is 0 Å². The molecule has 3 aromatic rings. The summed E-state index contributed by atoms with van der Waals surface area (Å²) in [6.07, 6.45) is 16.2. The number of unbranched alkanes of at least 4 members (excludes halogenated alkanes) is 12. The fraction of sp³-hybridized carbons (Fsp3) is 0.692. The number of hydroxylamine groups is 1. The van der Waals surface area contributed by atoms with Crippen LogP contribution in [0.5, 0.6) is 5.75 Å². The Kier molecular flexibility index (Phi) is 17.9. The number of aromatic nitrogens is 4. The summed E-state index contributed by atoms with van der Waals surface area (Å²) < 4.78 is 47.5. The fourth-order valence-corrected chi connectivity index (χ4v) is 7.68. The number of para-hydroxylation sites is 1. The Balaban J connectivity index is 1.40. The van der Waals surface area contributed by atoms with Gasteiger partial charge in [0.1, 0.15) is 29.4 Å². The first kappa shape index (κ1) is 43.4. The molecule has 1 saturated heterocycles. The SMILES string of the molecule is CCCCCCCCCC(CCCCCCCCC)OC(=O)[C@H](C)N(Oc1ccccc1)[P+](=O)OC[C@@]1(C)O[C@@H](n2cnc3c(N)nc(F)nc32)C[C@@H]1O. The van der Waals surface area contributed by atoms with E-state index in [2.05, 4.69) is 28.8 Å². The van der Waals surface area contributed by atoms with Crippen LogP contribution in [-0.4, -0.2) is 65.9 Å². The molecule has 4 rings (SSSR count).